The number of aryl methyl sites for hydroxylation is 1. The van der Waals surface area contributed by atoms with Crippen molar-refractivity contribution >= 4 is 24.0 Å². The first-order valence-corrected chi connectivity index (χ1v) is 4.16. The Morgan fingerprint density at radius 2 is 2.15 bits per heavy atom. The number of halogens is 2. The zero-order valence-corrected chi connectivity index (χ0v) is 8.90. The van der Waals surface area contributed by atoms with Gasteiger partial charge in [-0.2, -0.15) is 0 Å². The van der Waals surface area contributed by atoms with Crippen LogP contribution in [-0.4, -0.2) is 11.7 Å². The molecule has 3 N–H and O–H groups in total. The Hall–Kier alpha value is -0.280. The van der Waals surface area contributed by atoms with Gasteiger partial charge in [0.15, 0.2) is 0 Å². The average molecular weight is 222 g/mol. The molecule has 0 saturated carbocycles. The van der Waals surface area contributed by atoms with Gasteiger partial charge in [0.2, 0.25) is 0 Å². The summed E-state index contributed by atoms with van der Waals surface area (Å²) in [4.78, 5) is 0. The second kappa shape index (κ2) is 5.45. The van der Waals surface area contributed by atoms with Crippen molar-refractivity contribution in [2.24, 2.45) is 5.73 Å². The third-order valence-corrected chi connectivity index (χ3v) is 2.33. The summed E-state index contributed by atoms with van der Waals surface area (Å²) in [5.41, 5.74) is 7.42. The topological polar surface area (TPSA) is 46.2 Å². The Bertz CT molecular complexity index is 278. The fourth-order valence-corrected chi connectivity index (χ4v) is 1.32. The first kappa shape index (κ1) is 12.7. The molecule has 1 rings (SSSR count). The Morgan fingerprint density at radius 3 is 2.69 bits per heavy atom. The number of aliphatic hydroxyl groups is 1. The molecule has 0 aromatic heterocycles. The van der Waals surface area contributed by atoms with E-state index in [4.69, 9.17) is 22.4 Å². The van der Waals surface area contributed by atoms with Crippen LogP contribution in [0.2, 0.25) is 5.02 Å². The molecule has 4 heteroatoms. The number of hydrogen-bond acceptors (Lipinski definition) is 2. The molecule has 0 bridgehead atoms. The molecule has 1 atom stereocenters. The van der Waals surface area contributed by atoms with E-state index in [0.29, 0.717) is 5.02 Å². The Kier molecular flexibility index (Phi) is 5.33. The summed E-state index contributed by atoms with van der Waals surface area (Å²) in [6.07, 6.45) is 0. The van der Waals surface area contributed by atoms with Crippen LogP contribution in [-0.2, 0) is 0 Å². The second-order valence-electron chi connectivity index (χ2n) is 2.77. The van der Waals surface area contributed by atoms with E-state index in [1.54, 1.807) is 0 Å². The molecule has 0 aliphatic carbocycles. The first-order chi connectivity index (χ1) is 5.66. The molecule has 1 unspecified atom stereocenters. The fraction of sp³-hybridized carbons (Fsp3) is 0.333. The van der Waals surface area contributed by atoms with Gasteiger partial charge in [-0.15, -0.1) is 12.4 Å². The molecule has 2 nitrogen and oxygen atoms in total. The lowest BCUT2D eigenvalue weighted by molar-refractivity contribution is 0.268. The SMILES string of the molecule is Cc1cccc(C(N)CO)c1Cl.Cl. The molecule has 13 heavy (non-hydrogen) atoms. The van der Waals surface area contributed by atoms with Crippen LogP contribution in [0.25, 0.3) is 0 Å². The predicted molar refractivity (Wildman–Crippen MR) is 57.5 cm³/mol. The summed E-state index contributed by atoms with van der Waals surface area (Å²) in [5, 5.41) is 9.47. The van der Waals surface area contributed by atoms with E-state index in [1.165, 1.54) is 0 Å². The molecule has 1 aromatic rings. The highest BCUT2D eigenvalue weighted by molar-refractivity contribution is 6.32. The molecule has 0 spiro atoms. The molecule has 0 amide bonds. The van der Waals surface area contributed by atoms with E-state index in [1.807, 2.05) is 25.1 Å². The maximum Gasteiger partial charge on any atom is 0.0624 e. The van der Waals surface area contributed by atoms with Gasteiger partial charge in [-0.3, -0.25) is 0 Å². The van der Waals surface area contributed by atoms with Crippen LogP contribution in [0.15, 0.2) is 18.2 Å². The molecule has 0 radical (unpaired) electrons. The molecule has 0 fully saturated rings. The smallest absolute Gasteiger partial charge is 0.0624 e. The molecule has 0 aliphatic rings. The maximum absolute atomic E-state index is 8.82. The highest BCUT2D eigenvalue weighted by Gasteiger charge is 2.09. The normalized spacial score (nSPS) is 12.0. The maximum atomic E-state index is 8.82. The number of aliphatic hydroxyl groups excluding tert-OH is 1. The Morgan fingerprint density at radius 1 is 1.54 bits per heavy atom. The quantitative estimate of drug-likeness (QED) is 0.804. The van der Waals surface area contributed by atoms with Crippen molar-refractivity contribution in [2.75, 3.05) is 6.61 Å². The van der Waals surface area contributed by atoms with Gasteiger partial charge < -0.3 is 10.8 Å². The molecule has 0 heterocycles. The van der Waals surface area contributed by atoms with E-state index < -0.39 is 0 Å². The minimum Gasteiger partial charge on any atom is -0.394 e. The van der Waals surface area contributed by atoms with E-state index in [2.05, 4.69) is 0 Å². The van der Waals surface area contributed by atoms with Gasteiger partial charge in [-0.25, -0.2) is 0 Å². The monoisotopic (exact) mass is 221 g/mol. The standard InChI is InChI=1S/C9H12ClNO.ClH/c1-6-3-2-4-7(9(6)10)8(11)5-12;/h2-4,8,12H,5,11H2,1H3;1H. The second-order valence-corrected chi connectivity index (χ2v) is 3.15. The van der Waals surface area contributed by atoms with E-state index in [-0.39, 0.29) is 25.1 Å². The van der Waals surface area contributed by atoms with Gasteiger partial charge in [0.25, 0.3) is 0 Å². The van der Waals surface area contributed by atoms with Crippen LogP contribution in [0.4, 0.5) is 0 Å². The third-order valence-electron chi connectivity index (χ3n) is 1.82. The van der Waals surface area contributed by atoms with Crippen molar-refractivity contribution in [3.8, 4) is 0 Å². The minimum absolute atomic E-state index is 0. The van der Waals surface area contributed by atoms with Gasteiger partial charge in [0, 0.05) is 5.02 Å². The number of hydrogen-bond donors (Lipinski definition) is 2. The lowest BCUT2D eigenvalue weighted by atomic mass is 10.1. The third kappa shape index (κ3) is 2.85. The number of rotatable bonds is 2. The van der Waals surface area contributed by atoms with Crippen LogP contribution in [0.3, 0.4) is 0 Å². The van der Waals surface area contributed by atoms with Crippen molar-refractivity contribution in [1.29, 1.82) is 0 Å². The van der Waals surface area contributed by atoms with Gasteiger partial charge in [0.1, 0.15) is 0 Å². The largest absolute Gasteiger partial charge is 0.394 e. The van der Waals surface area contributed by atoms with Crippen molar-refractivity contribution in [3.05, 3.63) is 34.3 Å². The zero-order valence-electron chi connectivity index (χ0n) is 7.33. The Labute approximate surface area is 89.1 Å². The predicted octanol–water partition coefficient (Wildman–Crippen LogP) is 2.06. The van der Waals surface area contributed by atoms with Crippen LogP contribution >= 0.6 is 24.0 Å². The van der Waals surface area contributed by atoms with Crippen LogP contribution in [0.1, 0.15) is 17.2 Å². The van der Waals surface area contributed by atoms with Crippen LogP contribution in [0.5, 0.6) is 0 Å². The minimum atomic E-state index is -0.377. The lowest BCUT2D eigenvalue weighted by Gasteiger charge is -2.11. The number of benzene rings is 1. The van der Waals surface area contributed by atoms with Gasteiger partial charge in [-0.1, -0.05) is 29.8 Å². The highest BCUT2D eigenvalue weighted by atomic mass is 35.5. The summed E-state index contributed by atoms with van der Waals surface area (Å²) >= 11 is 5.98. The average Bonchev–Trinajstić information content (AvgIpc) is 2.08. The van der Waals surface area contributed by atoms with Gasteiger partial charge in [-0.05, 0) is 18.1 Å². The highest BCUT2D eigenvalue weighted by Crippen LogP contribution is 2.24. The summed E-state index contributed by atoms with van der Waals surface area (Å²) in [5.74, 6) is 0. The first-order valence-electron chi connectivity index (χ1n) is 3.78. The summed E-state index contributed by atoms with van der Waals surface area (Å²) in [6.45, 7) is 1.83. The van der Waals surface area contributed by atoms with Crippen molar-refractivity contribution in [3.63, 3.8) is 0 Å². The van der Waals surface area contributed by atoms with Crippen molar-refractivity contribution in [1.82, 2.24) is 0 Å². The van der Waals surface area contributed by atoms with Crippen LogP contribution < -0.4 is 5.73 Å². The van der Waals surface area contributed by atoms with E-state index in [0.717, 1.165) is 11.1 Å². The van der Waals surface area contributed by atoms with Gasteiger partial charge in [0.05, 0.1) is 12.6 Å². The van der Waals surface area contributed by atoms with Gasteiger partial charge >= 0.3 is 0 Å². The van der Waals surface area contributed by atoms with E-state index in [9.17, 15) is 0 Å². The number of nitrogens with two attached hydrogens (primary N) is 1. The molecule has 74 valence electrons. The zero-order chi connectivity index (χ0) is 9.14. The molecule has 0 aliphatic heterocycles. The summed E-state index contributed by atoms with van der Waals surface area (Å²) in [6, 6.07) is 5.25. The van der Waals surface area contributed by atoms with Crippen molar-refractivity contribution in [2.45, 2.75) is 13.0 Å². The Balaban J connectivity index is 0.00000144. The van der Waals surface area contributed by atoms with E-state index >= 15 is 0 Å². The summed E-state index contributed by atoms with van der Waals surface area (Å²) < 4.78 is 0. The molecular formula is C9H13Cl2NO. The summed E-state index contributed by atoms with van der Waals surface area (Å²) in [7, 11) is 0. The molecule has 0 saturated heterocycles. The molecule has 1 aromatic carbocycles. The van der Waals surface area contributed by atoms with Crippen molar-refractivity contribution < 1.29 is 5.11 Å². The van der Waals surface area contributed by atoms with Crippen LogP contribution in [0, 0.1) is 6.92 Å². The fourth-order valence-electron chi connectivity index (χ4n) is 1.05. The molecular weight excluding hydrogens is 209 g/mol. The lowest BCUT2D eigenvalue weighted by Crippen LogP contribution is -2.15.